The first-order chi connectivity index (χ1) is 7.66. The number of rotatable bonds is 3. The summed E-state index contributed by atoms with van der Waals surface area (Å²) in [5.41, 5.74) is 2.20. The van der Waals surface area contributed by atoms with Crippen LogP contribution < -0.4 is 0 Å². The molecule has 0 saturated carbocycles. The maximum absolute atomic E-state index is 11.9. The number of nitrogens with zero attached hydrogens (tertiary/aromatic N) is 1. The van der Waals surface area contributed by atoms with E-state index in [1.165, 1.54) is 11.3 Å². The number of carbonyl (C=O) groups excluding carboxylic acids is 1. The highest BCUT2D eigenvalue weighted by Gasteiger charge is 2.12. The van der Waals surface area contributed by atoms with E-state index < -0.39 is 0 Å². The number of hydrogen-bond donors (Lipinski definition) is 0. The zero-order valence-corrected chi connectivity index (χ0v) is 10.4. The summed E-state index contributed by atoms with van der Waals surface area (Å²) in [7, 11) is 0. The van der Waals surface area contributed by atoms with E-state index in [-0.39, 0.29) is 5.78 Å². The van der Waals surface area contributed by atoms with Crippen molar-refractivity contribution in [3.63, 3.8) is 0 Å². The molecule has 1 aromatic heterocycles. The van der Waals surface area contributed by atoms with Gasteiger partial charge in [0, 0.05) is 28.1 Å². The van der Waals surface area contributed by atoms with Crippen LogP contribution in [0.4, 0.5) is 0 Å². The van der Waals surface area contributed by atoms with Crippen LogP contribution in [0, 0.1) is 0 Å². The molecule has 0 radical (unpaired) electrons. The number of halogens is 2. The number of ketones is 1. The molecule has 0 spiro atoms. The van der Waals surface area contributed by atoms with Crippen molar-refractivity contribution in [2.75, 3.05) is 0 Å². The van der Waals surface area contributed by atoms with E-state index in [0.717, 1.165) is 4.88 Å². The van der Waals surface area contributed by atoms with Gasteiger partial charge in [-0.2, -0.15) is 0 Å². The summed E-state index contributed by atoms with van der Waals surface area (Å²) in [5.74, 6) is -0.0223. The lowest BCUT2D eigenvalue weighted by atomic mass is 10.1. The largest absolute Gasteiger partial charge is 0.294 e. The second kappa shape index (κ2) is 4.95. The standard InChI is InChI=1S/C11H7Cl2NOS/c12-7-1-2-9(10(13)3-7)11(15)4-8-5-14-6-16-8/h1-3,5-6H,4H2. The van der Waals surface area contributed by atoms with E-state index in [2.05, 4.69) is 4.98 Å². The highest BCUT2D eigenvalue weighted by molar-refractivity contribution is 7.09. The number of Topliss-reactive ketones (excluding diaryl/α,β-unsaturated/α-hetero) is 1. The van der Waals surface area contributed by atoms with Crippen molar-refractivity contribution in [2.45, 2.75) is 6.42 Å². The summed E-state index contributed by atoms with van der Waals surface area (Å²) in [4.78, 5) is 16.7. The third-order valence-electron chi connectivity index (χ3n) is 2.05. The second-order valence-electron chi connectivity index (χ2n) is 3.19. The molecule has 0 aliphatic rings. The fourth-order valence-electron chi connectivity index (χ4n) is 1.30. The Morgan fingerprint density at radius 2 is 2.19 bits per heavy atom. The highest BCUT2D eigenvalue weighted by atomic mass is 35.5. The van der Waals surface area contributed by atoms with Crippen LogP contribution in [0.5, 0.6) is 0 Å². The molecule has 16 heavy (non-hydrogen) atoms. The first kappa shape index (κ1) is 11.6. The second-order valence-corrected chi connectivity index (χ2v) is 5.01. The molecule has 0 amide bonds. The minimum absolute atomic E-state index is 0.0223. The van der Waals surface area contributed by atoms with Gasteiger partial charge in [-0.05, 0) is 18.2 Å². The van der Waals surface area contributed by atoms with Crippen molar-refractivity contribution in [1.29, 1.82) is 0 Å². The Morgan fingerprint density at radius 1 is 1.38 bits per heavy atom. The molecule has 1 heterocycles. The zero-order valence-electron chi connectivity index (χ0n) is 8.11. The summed E-state index contributed by atoms with van der Waals surface area (Å²) in [6.07, 6.45) is 2.01. The summed E-state index contributed by atoms with van der Waals surface area (Å²) in [5, 5.41) is 0.918. The minimum atomic E-state index is -0.0223. The average Bonchev–Trinajstić information content (AvgIpc) is 2.70. The van der Waals surface area contributed by atoms with Crippen molar-refractivity contribution in [3.05, 3.63) is 50.4 Å². The molecule has 0 N–H and O–H groups in total. The predicted octanol–water partition coefficient (Wildman–Crippen LogP) is 3.88. The monoisotopic (exact) mass is 271 g/mol. The fraction of sp³-hybridized carbons (Fsp3) is 0.0909. The predicted molar refractivity (Wildman–Crippen MR) is 66.6 cm³/mol. The lowest BCUT2D eigenvalue weighted by Gasteiger charge is -2.02. The molecular weight excluding hydrogens is 265 g/mol. The molecule has 0 aliphatic carbocycles. The normalized spacial score (nSPS) is 10.4. The van der Waals surface area contributed by atoms with Gasteiger partial charge in [0.2, 0.25) is 0 Å². The summed E-state index contributed by atoms with van der Waals surface area (Å²) >= 11 is 13.2. The van der Waals surface area contributed by atoms with Gasteiger partial charge >= 0.3 is 0 Å². The zero-order chi connectivity index (χ0) is 11.5. The van der Waals surface area contributed by atoms with Gasteiger partial charge in [-0.1, -0.05) is 23.2 Å². The van der Waals surface area contributed by atoms with Crippen LogP contribution in [-0.2, 0) is 6.42 Å². The van der Waals surface area contributed by atoms with Crippen LogP contribution in [0.25, 0.3) is 0 Å². The summed E-state index contributed by atoms with van der Waals surface area (Å²) < 4.78 is 0. The maximum atomic E-state index is 11.9. The number of thiazole rings is 1. The van der Waals surface area contributed by atoms with Crippen LogP contribution in [0.3, 0.4) is 0 Å². The molecule has 2 rings (SSSR count). The van der Waals surface area contributed by atoms with Gasteiger partial charge in [-0.3, -0.25) is 9.78 Å². The quantitative estimate of drug-likeness (QED) is 0.794. The lowest BCUT2D eigenvalue weighted by molar-refractivity contribution is 0.0994. The Morgan fingerprint density at radius 3 is 2.81 bits per heavy atom. The summed E-state index contributed by atoms with van der Waals surface area (Å²) in [6, 6.07) is 4.88. The molecule has 1 aromatic carbocycles. The Labute approximate surface area is 107 Å². The Hall–Kier alpha value is -0.900. The number of hydrogen-bond acceptors (Lipinski definition) is 3. The highest BCUT2D eigenvalue weighted by Crippen LogP contribution is 2.22. The first-order valence-corrected chi connectivity index (χ1v) is 6.16. The van der Waals surface area contributed by atoms with Crippen LogP contribution >= 0.6 is 34.5 Å². The molecule has 0 unspecified atom stereocenters. The van der Waals surface area contributed by atoms with Gasteiger partial charge in [0.05, 0.1) is 10.5 Å². The van der Waals surface area contributed by atoms with Crippen LogP contribution in [0.1, 0.15) is 15.2 Å². The number of carbonyl (C=O) groups is 1. The average molecular weight is 272 g/mol. The molecule has 5 heteroatoms. The Balaban J connectivity index is 2.21. The van der Waals surface area contributed by atoms with E-state index in [0.29, 0.717) is 22.0 Å². The topological polar surface area (TPSA) is 30.0 Å². The van der Waals surface area contributed by atoms with Gasteiger partial charge in [0.1, 0.15) is 0 Å². The van der Waals surface area contributed by atoms with Crippen LogP contribution in [0.2, 0.25) is 10.0 Å². The van der Waals surface area contributed by atoms with Crippen molar-refractivity contribution in [2.24, 2.45) is 0 Å². The molecule has 2 nitrogen and oxygen atoms in total. The van der Waals surface area contributed by atoms with Gasteiger partial charge in [0.15, 0.2) is 5.78 Å². The Kier molecular flexibility index (Phi) is 3.59. The molecule has 0 bridgehead atoms. The van der Waals surface area contributed by atoms with E-state index in [4.69, 9.17) is 23.2 Å². The van der Waals surface area contributed by atoms with Gasteiger partial charge < -0.3 is 0 Å². The fourth-order valence-corrected chi connectivity index (χ4v) is 2.41. The molecule has 0 atom stereocenters. The molecular formula is C11H7Cl2NOS. The van der Waals surface area contributed by atoms with Crippen molar-refractivity contribution in [3.8, 4) is 0 Å². The molecule has 82 valence electrons. The minimum Gasteiger partial charge on any atom is -0.294 e. The first-order valence-electron chi connectivity index (χ1n) is 4.52. The van der Waals surface area contributed by atoms with Crippen molar-refractivity contribution < 1.29 is 4.79 Å². The van der Waals surface area contributed by atoms with Gasteiger partial charge in [0.25, 0.3) is 0 Å². The van der Waals surface area contributed by atoms with Gasteiger partial charge in [-0.25, -0.2) is 0 Å². The van der Waals surface area contributed by atoms with E-state index in [1.54, 1.807) is 29.9 Å². The molecule has 0 fully saturated rings. The number of aromatic nitrogens is 1. The van der Waals surface area contributed by atoms with E-state index in [1.807, 2.05) is 0 Å². The maximum Gasteiger partial charge on any atom is 0.169 e. The van der Waals surface area contributed by atoms with E-state index in [9.17, 15) is 4.79 Å². The molecule has 2 aromatic rings. The van der Waals surface area contributed by atoms with Crippen LogP contribution in [0.15, 0.2) is 29.9 Å². The SMILES string of the molecule is O=C(Cc1cncs1)c1ccc(Cl)cc1Cl. The third kappa shape index (κ3) is 2.61. The lowest BCUT2D eigenvalue weighted by Crippen LogP contribution is -2.02. The smallest absolute Gasteiger partial charge is 0.169 e. The van der Waals surface area contributed by atoms with Gasteiger partial charge in [-0.15, -0.1) is 11.3 Å². The van der Waals surface area contributed by atoms with Crippen molar-refractivity contribution >= 4 is 40.3 Å². The molecule has 0 aliphatic heterocycles. The third-order valence-corrected chi connectivity index (χ3v) is 3.38. The Bertz CT molecular complexity index is 511. The number of benzene rings is 1. The molecule has 0 saturated heterocycles. The van der Waals surface area contributed by atoms with E-state index >= 15 is 0 Å². The van der Waals surface area contributed by atoms with Crippen LogP contribution in [-0.4, -0.2) is 10.8 Å². The van der Waals surface area contributed by atoms with Crippen molar-refractivity contribution in [1.82, 2.24) is 4.98 Å². The summed E-state index contributed by atoms with van der Waals surface area (Å²) in [6.45, 7) is 0.